The molecule has 1 aromatic carbocycles. The van der Waals surface area contributed by atoms with Crippen molar-refractivity contribution in [1.82, 2.24) is 4.90 Å². The quantitative estimate of drug-likeness (QED) is 0.771. The van der Waals surface area contributed by atoms with Gasteiger partial charge in [-0.25, -0.2) is 0 Å². The molecule has 0 heterocycles. The van der Waals surface area contributed by atoms with Gasteiger partial charge in [-0.05, 0) is 50.7 Å². The van der Waals surface area contributed by atoms with Crippen molar-refractivity contribution in [2.24, 2.45) is 0 Å². The molecule has 3 heteroatoms. The molecule has 0 fully saturated rings. The van der Waals surface area contributed by atoms with Crippen molar-refractivity contribution in [2.45, 2.75) is 26.8 Å². The summed E-state index contributed by atoms with van der Waals surface area (Å²) in [6.07, 6.45) is 4.21. The Kier molecular flexibility index (Phi) is 5.56. The molecule has 0 aromatic heterocycles. The predicted molar refractivity (Wildman–Crippen MR) is 76.1 cm³/mol. The molecule has 100 valence electrons. The molecule has 0 N–H and O–H groups in total. The molecule has 0 aliphatic rings. The molecule has 0 atom stereocenters. The normalized spacial score (nSPS) is 11.0. The average molecular weight is 249 g/mol. The van der Waals surface area contributed by atoms with Gasteiger partial charge in [0, 0.05) is 12.6 Å². The third-order valence-corrected chi connectivity index (χ3v) is 2.89. The predicted octanol–water partition coefficient (Wildman–Crippen LogP) is 3.40. The number of methoxy groups -OCH3 is 2. The van der Waals surface area contributed by atoms with Crippen molar-refractivity contribution in [3.63, 3.8) is 0 Å². The van der Waals surface area contributed by atoms with E-state index in [2.05, 4.69) is 37.9 Å². The molecule has 0 aliphatic carbocycles. The molecule has 18 heavy (non-hydrogen) atoms. The second kappa shape index (κ2) is 6.94. The van der Waals surface area contributed by atoms with Gasteiger partial charge >= 0.3 is 0 Å². The van der Waals surface area contributed by atoms with Crippen LogP contribution in [0.1, 0.15) is 26.3 Å². The standard InChI is InChI=1S/C15H23NO2/c1-6-16(12(2)3)10-9-13-7-8-14(17-4)15(11-13)18-5/h7-12H,6H2,1-5H3. The van der Waals surface area contributed by atoms with E-state index in [1.54, 1.807) is 14.2 Å². The minimum Gasteiger partial charge on any atom is -0.493 e. The van der Waals surface area contributed by atoms with Gasteiger partial charge in [0.25, 0.3) is 0 Å². The van der Waals surface area contributed by atoms with E-state index in [1.165, 1.54) is 0 Å². The van der Waals surface area contributed by atoms with E-state index in [9.17, 15) is 0 Å². The highest BCUT2D eigenvalue weighted by atomic mass is 16.5. The zero-order chi connectivity index (χ0) is 13.5. The van der Waals surface area contributed by atoms with Gasteiger partial charge in [0.2, 0.25) is 0 Å². The summed E-state index contributed by atoms with van der Waals surface area (Å²) in [5.74, 6) is 1.51. The summed E-state index contributed by atoms with van der Waals surface area (Å²) in [4.78, 5) is 2.27. The fourth-order valence-electron chi connectivity index (χ4n) is 1.78. The van der Waals surface area contributed by atoms with E-state index in [4.69, 9.17) is 9.47 Å². The molecular weight excluding hydrogens is 226 g/mol. The first-order chi connectivity index (χ1) is 8.62. The second-order valence-electron chi connectivity index (χ2n) is 4.35. The van der Waals surface area contributed by atoms with Gasteiger partial charge in [-0.1, -0.05) is 6.07 Å². The number of hydrogen-bond acceptors (Lipinski definition) is 3. The first-order valence-electron chi connectivity index (χ1n) is 6.28. The maximum atomic E-state index is 5.28. The Balaban J connectivity index is 2.87. The summed E-state index contributed by atoms with van der Waals surface area (Å²) < 4.78 is 10.5. The van der Waals surface area contributed by atoms with Gasteiger partial charge in [0.15, 0.2) is 11.5 Å². The van der Waals surface area contributed by atoms with Crippen LogP contribution in [0.25, 0.3) is 6.08 Å². The van der Waals surface area contributed by atoms with Gasteiger partial charge in [-0.15, -0.1) is 0 Å². The summed E-state index contributed by atoms with van der Waals surface area (Å²) in [6.45, 7) is 7.52. The van der Waals surface area contributed by atoms with E-state index >= 15 is 0 Å². The molecule has 1 rings (SSSR count). The fraction of sp³-hybridized carbons (Fsp3) is 0.467. The lowest BCUT2D eigenvalue weighted by molar-refractivity contribution is 0.329. The average Bonchev–Trinajstić information content (AvgIpc) is 2.38. The minimum absolute atomic E-state index is 0.506. The molecule has 0 aliphatic heterocycles. The van der Waals surface area contributed by atoms with Crippen LogP contribution in [0.15, 0.2) is 24.4 Å². The van der Waals surface area contributed by atoms with Crippen LogP contribution in [0.5, 0.6) is 11.5 Å². The molecule has 0 spiro atoms. The second-order valence-corrected chi connectivity index (χ2v) is 4.35. The van der Waals surface area contributed by atoms with Gasteiger partial charge in [-0.2, -0.15) is 0 Å². The van der Waals surface area contributed by atoms with Crippen LogP contribution in [0.3, 0.4) is 0 Å². The van der Waals surface area contributed by atoms with Crippen LogP contribution in [0, 0.1) is 0 Å². The third kappa shape index (κ3) is 3.69. The lowest BCUT2D eigenvalue weighted by Crippen LogP contribution is -2.24. The molecule has 0 unspecified atom stereocenters. The van der Waals surface area contributed by atoms with Crippen molar-refractivity contribution in [2.75, 3.05) is 20.8 Å². The molecule has 0 saturated heterocycles. The Morgan fingerprint density at radius 1 is 1.17 bits per heavy atom. The summed E-state index contributed by atoms with van der Waals surface area (Å²) in [5.41, 5.74) is 1.10. The number of benzene rings is 1. The molecule has 3 nitrogen and oxygen atoms in total. The SMILES string of the molecule is CCN(C=Cc1ccc(OC)c(OC)c1)C(C)C. The summed E-state index contributed by atoms with van der Waals surface area (Å²) >= 11 is 0. The molecular formula is C15H23NO2. The fourth-order valence-corrected chi connectivity index (χ4v) is 1.78. The Morgan fingerprint density at radius 2 is 1.83 bits per heavy atom. The summed E-state index contributed by atoms with van der Waals surface area (Å²) in [7, 11) is 3.29. The highest BCUT2D eigenvalue weighted by molar-refractivity contribution is 5.55. The minimum atomic E-state index is 0.506. The Hall–Kier alpha value is -1.64. The topological polar surface area (TPSA) is 21.7 Å². The number of hydrogen-bond donors (Lipinski definition) is 0. The van der Waals surface area contributed by atoms with Gasteiger partial charge < -0.3 is 14.4 Å². The molecule has 0 radical (unpaired) electrons. The lowest BCUT2D eigenvalue weighted by Gasteiger charge is -2.22. The van der Waals surface area contributed by atoms with Crippen LogP contribution in [0.2, 0.25) is 0 Å². The largest absolute Gasteiger partial charge is 0.493 e. The Labute approximate surface area is 110 Å². The maximum absolute atomic E-state index is 5.28. The highest BCUT2D eigenvalue weighted by Crippen LogP contribution is 2.28. The maximum Gasteiger partial charge on any atom is 0.161 e. The lowest BCUT2D eigenvalue weighted by atomic mass is 10.2. The van der Waals surface area contributed by atoms with E-state index in [0.717, 1.165) is 23.6 Å². The molecule has 1 aromatic rings. The molecule has 0 amide bonds. The number of rotatable bonds is 6. The number of nitrogens with zero attached hydrogens (tertiary/aromatic N) is 1. The first-order valence-corrected chi connectivity index (χ1v) is 6.28. The van der Waals surface area contributed by atoms with Crippen molar-refractivity contribution in [3.8, 4) is 11.5 Å². The number of ether oxygens (including phenoxy) is 2. The van der Waals surface area contributed by atoms with E-state index < -0.39 is 0 Å². The smallest absolute Gasteiger partial charge is 0.161 e. The van der Waals surface area contributed by atoms with Crippen molar-refractivity contribution < 1.29 is 9.47 Å². The van der Waals surface area contributed by atoms with E-state index in [-0.39, 0.29) is 0 Å². The highest BCUT2D eigenvalue weighted by Gasteiger charge is 2.04. The van der Waals surface area contributed by atoms with Crippen molar-refractivity contribution >= 4 is 6.08 Å². The van der Waals surface area contributed by atoms with Crippen LogP contribution in [0.4, 0.5) is 0 Å². The van der Waals surface area contributed by atoms with Crippen molar-refractivity contribution in [1.29, 1.82) is 0 Å². The Bertz CT molecular complexity index is 399. The van der Waals surface area contributed by atoms with Crippen LogP contribution >= 0.6 is 0 Å². The van der Waals surface area contributed by atoms with Crippen LogP contribution < -0.4 is 9.47 Å². The zero-order valence-corrected chi connectivity index (χ0v) is 11.9. The van der Waals surface area contributed by atoms with Crippen molar-refractivity contribution in [3.05, 3.63) is 30.0 Å². The molecule has 0 saturated carbocycles. The molecule has 0 bridgehead atoms. The third-order valence-electron chi connectivity index (χ3n) is 2.89. The van der Waals surface area contributed by atoms with Crippen LogP contribution in [-0.2, 0) is 0 Å². The van der Waals surface area contributed by atoms with E-state index in [1.807, 2.05) is 18.2 Å². The zero-order valence-electron chi connectivity index (χ0n) is 11.9. The van der Waals surface area contributed by atoms with Gasteiger partial charge in [0.1, 0.15) is 0 Å². The Morgan fingerprint density at radius 3 is 2.33 bits per heavy atom. The van der Waals surface area contributed by atoms with Gasteiger partial charge in [-0.3, -0.25) is 0 Å². The summed E-state index contributed by atoms with van der Waals surface area (Å²) in [5, 5.41) is 0. The van der Waals surface area contributed by atoms with Crippen LogP contribution in [-0.4, -0.2) is 31.7 Å². The summed E-state index contributed by atoms with van der Waals surface area (Å²) in [6, 6.07) is 6.42. The van der Waals surface area contributed by atoms with Gasteiger partial charge in [0.05, 0.1) is 14.2 Å². The van der Waals surface area contributed by atoms with E-state index in [0.29, 0.717) is 6.04 Å². The first kappa shape index (κ1) is 14.4. The monoisotopic (exact) mass is 249 g/mol.